The average Bonchev–Trinajstić information content (AvgIpc) is 2.64. The first-order valence-corrected chi connectivity index (χ1v) is 6.91. The largest absolute Gasteiger partial charge is 0.266 e. The maximum absolute atomic E-state index is 12.1. The van der Waals surface area contributed by atoms with Gasteiger partial charge in [0.25, 0.3) is 10.0 Å². The van der Waals surface area contributed by atoms with E-state index in [0.717, 1.165) is 0 Å². The van der Waals surface area contributed by atoms with Crippen molar-refractivity contribution in [3.05, 3.63) is 11.8 Å². The van der Waals surface area contributed by atoms with Crippen LogP contribution in [-0.4, -0.2) is 36.5 Å². The highest BCUT2D eigenvalue weighted by Crippen LogP contribution is 2.18. The SMILES string of the molecule is CC(C)CN(C)S(=O)(=O)c1[nH]ncc1CCl. The quantitative estimate of drug-likeness (QED) is 0.819. The van der Waals surface area contributed by atoms with Gasteiger partial charge in [0.15, 0.2) is 5.03 Å². The molecule has 92 valence electrons. The first-order chi connectivity index (χ1) is 7.39. The van der Waals surface area contributed by atoms with Crippen molar-refractivity contribution in [2.24, 2.45) is 5.92 Å². The molecule has 0 fully saturated rings. The van der Waals surface area contributed by atoms with Gasteiger partial charge in [0.1, 0.15) is 0 Å². The number of hydrogen-bond acceptors (Lipinski definition) is 3. The van der Waals surface area contributed by atoms with Gasteiger partial charge in [-0.1, -0.05) is 13.8 Å². The predicted molar refractivity (Wildman–Crippen MR) is 62.8 cm³/mol. The molecule has 0 aliphatic heterocycles. The van der Waals surface area contributed by atoms with Crippen LogP contribution in [0.3, 0.4) is 0 Å². The molecule has 16 heavy (non-hydrogen) atoms. The molecular formula is C9H16ClN3O2S. The molecule has 0 aromatic carbocycles. The highest BCUT2D eigenvalue weighted by atomic mass is 35.5. The smallest absolute Gasteiger partial charge is 0.260 e. The van der Waals surface area contributed by atoms with E-state index in [1.807, 2.05) is 13.8 Å². The molecule has 0 saturated carbocycles. The van der Waals surface area contributed by atoms with Crippen molar-refractivity contribution in [1.82, 2.24) is 14.5 Å². The van der Waals surface area contributed by atoms with Crippen molar-refractivity contribution in [3.63, 3.8) is 0 Å². The molecule has 1 N–H and O–H groups in total. The molecule has 1 heterocycles. The molecule has 0 spiro atoms. The second-order valence-corrected chi connectivity index (χ2v) is 6.29. The van der Waals surface area contributed by atoms with Gasteiger partial charge in [-0.25, -0.2) is 8.42 Å². The van der Waals surface area contributed by atoms with Gasteiger partial charge in [-0.3, -0.25) is 5.10 Å². The Balaban J connectivity index is 3.02. The van der Waals surface area contributed by atoms with Crippen molar-refractivity contribution in [3.8, 4) is 0 Å². The summed E-state index contributed by atoms with van der Waals surface area (Å²) in [7, 11) is -1.95. The van der Waals surface area contributed by atoms with Crippen LogP contribution in [0.25, 0.3) is 0 Å². The minimum atomic E-state index is -3.50. The van der Waals surface area contributed by atoms with Gasteiger partial charge in [0.05, 0.1) is 12.1 Å². The molecule has 5 nitrogen and oxygen atoms in total. The van der Waals surface area contributed by atoms with Crippen LogP contribution in [-0.2, 0) is 15.9 Å². The van der Waals surface area contributed by atoms with Gasteiger partial charge in [0, 0.05) is 19.2 Å². The molecule has 0 amide bonds. The van der Waals surface area contributed by atoms with Gasteiger partial charge in [-0.05, 0) is 5.92 Å². The number of nitrogens with zero attached hydrogens (tertiary/aromatic N) is 2. The van der Waals surface area contributed by atoms with E-state index < -0.39 is 10.0 Å². The van der Waals surface area contributed by atoms with Crippen molar-refractivity contribution < 1.29 is 8.42 Å². The molecule has 0 radical (unpaired) electrons. The number of alkyl halides is 1. The van der Waals surface area contributed by atoms with Gasteiger partial charge >= 0.3 is 0 Å². The summed E-state index contributed by atoms with van der Waals surface area (Å²) >= 11 is 5.65. The number of hydrogen-bond donors (Lipinski definition) is 1. The Labute approximate surface area is 101 Å². The van der Waals surface area contributed by atoms with Crippen LogP contribution in [0, 0.1) is 5.92 Å². The minimum absolute atomic E-state index is 0.0886. The van der Waals surface area contributed by atoms with Gasteiger partial charge in [-0.15, -0.1) is 11.6 Å². The topological polar surface area (TPSA) is 66.1 Å². The Morgan fingerprint density at radius 2 is 2.19 bits per heavy atom. The molecule has 0 aliphatic rings. The lowest BCUT2D eigenvalue weighted by Gasteiger charge is -2.18. The third kappa shape index (κ3) is 2.75. The number of H-pyrrole nitrogens is 1. The number of halogens is 1. The summed E-state index contributed by atoms with van der Waals surface area (Å²) in [6.45, 7) is 4.38. The summed E-state index contributed by atoms with van der Waals surface area (Å²) in [6.07, 6.45) is 1.43. The van der Waals surface area contributed by atoms with Crippen LogP contribution in [0.15, 0.2) is 11.2 Å². The first kappa shape index (κ1) is 13.5. The first-order valence-electron chi connectivity index (χ1n) is 4.94. The van der Waals surface area contributed by atoms with Crippen LogP contribution in [0.2, 0.25) is 0 Å². The lowest BCUT2D eigenvalue weighted by atomic mass is 10.2. The fourth-order valence-electron chi connectivity index (χ4n) is 1.39. The highest BCUT2D eigenvalue weighted by molar-refractivity contribution is 7.89. The lowest BCUT2D eigenvalue weighted by Crippen LogP contribution is -2.31. The van der Waals surface area contributed by atoms with E-state index in [1.54, 1.807) is 7.05 Å². The number of aromatic nitrogens is 2. The van der Waals surface area contributed by atoms with E-state index in [0.29, 0.717) is 12.1 Å². The van der Waals surface area contributed by atoms with E-state index in [9.17, 15) is 8.42 Å². The molecule has 1 rings (SSSR count). The molecule has 0 unspecified atom stereocenters. The Morgan fingerprint density at radius 3 is 2.69 bits per heavy atom. The molecule has 1 aromatic heterocycles. The molecule has 0 aliphatic carbocycles. The summed E-state index contributed by atoms with van der Waals surface area (Å²) in [4.78, 5) is 0. The van der Waals surface area contributed by atoms with Gasteiger partial charge < -0.3 is 0 Å². The second kappa shape index (κ2) is 5.16. The molecule has 1 aromatic rings. The number of aromatic amines is 1. The van der Waals surface area contributed by atoms with Crippen LogP contribution in [0.1, 0.15) is 19.4 Å². The zero-order valence-corrected chi connectivity index (χ0v) is 11.1. The Kier molecular flexibility index (Phi) is 4.35. The third-order valence-electron chi connectivity index (χ3n) is 2.11. The monoisotopic (exact) mass is 265 g/mol. The molecule has 0 saturated heterocycles. The second-order valence-electron chi connectivity index (χ2n) is 4.04. The summed E-state index contributed by atoms with van der Waals surface area (Å²) in [5, 5.41) is 6.28. The standard InChI is InChI=1S/C9H16ClN3O2S/c1-7(2)6-13(3)16(14,15)9-8(4-10)5-11-12-9/h5,7H,4,6H2,1-3H3,(H,11,12). The molecular weight excluding hydrogens is 250 g/mol. The average molecular weight is 266 g/mol. The van der Waals surface area contributed by atoms with E-state index in [4.69, 9.17) is 11.6 Å². The van der Waals surface area contributed by atoms with Crippen LogP contribution >= 0.6 is 11.6 Å². The summed E-state index contributed by atoms with van der Waals surface area (Å²) in [5.74, 6) is 0.391. The molecule has 0 bridgehead atoms. The number of nitrogens with one attached hydrogen (secondary N) is 1. The highest BCUT2D eigenvalue weighted by Gasteiger charge is 2.25. The fraction of sp³-hybridized carbons (Fsp3) is 0.667. The van der Waals surface area contributed by atoms with E-state index in [2.05, 4.69) is 10.2 Å². The Morgan fingerprint density at radius 1 is 1.56 bits per heavy atom. The van der Waals surface area contributed by atoms with Crippen molar-refractivity contribution in [1.29, 1.82) is 0 Å². The zero-order valence-electron chi connectivity index (χ0n) is 9.57. The summed E-state index contributed by atoms with van der Waals surface area (Å²) in [5.41, 5.74) is 0.497. The fourth-order valence-corrected chi connectivity index (χ4v) is 3.10. The lowest BCUT2D eigenvalue weighted by molar-refractivity contribution is 0.415. The zero-order chi connectivity index (χ0) is 12.3. The summed E-state index contributed by atoms with van der Waals surface area (Å²) < 4.78 is 25.5. The number of sulfonamides is 1. The Hall–Kier alpha value is -0.590. The van der Waals surface area contributed by atoms with Crippen molar-refractivity contribution in [2.75, 3.05) is 13.6 Å². The normalized spacial score (nSPS) is 12.6. The summed E-state index contributed by atoms with van der Waals surface area (Å²) in [6, 6.07) is 0. The minimum Gasteiger partial charge on any atom is -0.266 e. The predicted octanol–water partition coefficient (Wildman–Crippen LogP) is 1.42. The third-order valence-corrected chi connectivity index (χ3v) is 4.24. The molecule has 0 atom stereocenters. The van der Waals surface area contributed by atoms with Gasteiger partial charge in [-0.2, -0.15) is 9.40 Å². The van der Waals surface area contributed by atoms with Crippen molar-refractivity contribution >= 4 is 21.6 Å². The maximum Gasteiger partial charge on any atom is 0.260 e. The maximum atomic E-state index is 12.1. The van der Waals surface area contributed by atoms with E-state index in [1.165, 1.54) is 10.5 Å². The number of rotatable bonds is 5. The van der Waals surface area contributed by atoms with Gasteiger partial charge in [0.2, 0.25) is 0 Å². The Bertz CT molecular complexity index is 441. The molecule has 7 heteroatoms. The van der Waals surface area contributed by atoms with Crippen LogP contribution < -0.4 is 0 Å². The van der Waals surface area contributed by atoms with Crippen molar-refractivity contribution in [2.45, 2.75) is 24.8 Å². The van der Waals surface area contributed by atoms with Crippen LogP contribution in [0.4, 0.5) is 0 Å². The van der Waals surface area contributed by atoms with E-state index >= 15 is 0 Å². The van der Waals surface area contributed by atoms with Crippen LogP contribution in [0.5, 0.6) is 0 Å². The van der Waals surface area contributed by atoms with E-state index in [-0.39, 0.29) is 16.8 Å².